The Labute approximate surface area is 132 Å². The van der Waals surface area contributed by atoms with E-state index >= 15 is 0 Å². The van der Waals surface area contributed by atoms with Crippen LogP contribution in [0.5, 0.6) is 0 Å². The zero-order valence-electron chi connectivity index (χ0n) is 12.7. The quantitative estimate of drug-likeness (QED) is 0.723. The maximum absolute atomic E-state index is 12.6. The van der Waals surface area contributed by atoms with E-state index in [1.54, 1.807) is 43.3 Å². The number of aromatic nitrogens is 2. The van der Waals surface area contributed by atoms with E-state index in [0.717, 1.165) is 0 Å². The molecular weight excluding hydrogens is 294 g/mol. The Morgan fingerprint density at radius 2 is 1.91 bits per heavy atom. The lowest BCUT2D eigenvalue weighted by Crippen LogP contribution is -2.13. The van der Waals surface area contributed by atoms with Gasteiger partial charge in [0.2, 0.25) is 0 Å². The molecule has 0 aliphatic heterocycles. The molecule has 0 bridgehead atoms. The Morgan fingerprint density at radius 3 is 2.52 bits per heavy atom. The first kappa shape index (κ1) is 14.8. The van der Waals surface area contributed by atoms with Crippen LogP contribution in [0.3, 0.4) is 0 Å². The van der Waals surface area contributed by atoms with Gasteiger partial charge in [-0.3, -0.25) is 14.7 Å². The topological polar surface area (TPSA) is 88.0 Å². The van der Waals surface area contributed by atoms with Crippen molar-refractivity contribution in [1.29, 1.82) is 0 Å². The maximum Gasteiger partial charge on any atom is 0.259 e. The minimum atomic E-state index is -0.293. The summed E-state index contributed by atoms with van der Waals surface area (Å²) in [5.74, 6) is 0.207. The number of carbonyl (C=O) groups excluding carboxylic acids is 2. The molecule has 0 fully saturated rings. The van der Waals surface area contributed by atoms with Gasteiger partial charge in [-0.15, -0.1) is 0 Å². The van der Waals surface area contributed by atoms with Gasteiger partial charge in [-0.25, -0.2) is 0 Å². The van der Waals surface area contributed by atoms with Crippen molar-refractivity contribution in [3.63, 3.8) is 0 Å². The Balaban J connectivity index is 1.87. The summed E-state index contributed by atoms with van der Waals surface area (Å²) in [6, 6.07) is 10.2. The average molecular weight is 309 g/mol. The number of nitrogens with one attached hydrogen (secondary N) is 2. The van der Waals surface area contributed by atoms with Gasteiger partial charge in [0.25, 0.3) is 5.91 Å². The van der Waals surface area contributed by atoms with Crippen molar-refractivity contribution in [2.24, 2.45) is 0 Å². The number of rotatable bonds is 4. The molecule has 0 unspecified atom stereocenters. The Bertz CT molecular complexity index is 846. The van der Waals surface area contributed by atoms with Crippen molar-refractivity contribution in [3.8, 4) is 11.5 Å². The molecule has 0 saturated carbocycles. The van der Waals surface area contributed by atoms with Crippen LogP contribution in [0.25, 0.3) is 11.5 Å². The molecule has 0 saturated heterocycles. The van der Waals surface area contributed by atoms with Crippen LogP contribution in [0, 0.1) is 6.92 Å². The number of carbonyl (C=O) groups is 2. The lowest BCUT2D eigenvalue weighted by molar-refractivity contribution is 0.101. The predicted molar refractivity (Wildman–Crippen MR) is 85.4 cm³/mol. The number of nitrogens with zero attached hydrogens (tertiary/aromatic N) is 1. The van der Waals surface area contributed by atoms with Crippen molar-refractivity contribution in [2.75, 3.05) is 5.32 Å². The molecule has 2 N–H and O–H groups in total. The zero-order chi connectivity index (χ0) is 16.4. The minimum Gasteiger partial charge on any atom is -0.463 e. The van der Waals surface area contributed by atoms with Crippen LogP contribution >= 0.6 is 0 Å². The molecule has 23 heavy (non-hydrogen) atoms. The molecule has 3 aromatic rings. The molecule has 0 atom stereocenters. The highest BCUT2D eigenvalue weighted by Crippen LogP contribution is 2.25. The molecule has 6 nitrogen and oxygen atoms in total. The number of amides is 1. The maximum atomic E-state index is 12.6. The van der Waals surface area contributed by atoms with E-state index < -0.39 is 0 Å². The van der Waals surface area contributed by atoms with Crippen LogP contribution in [0.4, 0.5) is 5.69 Å². The third-order valence-electron chi connectivity index (χ3n) is 3.48. The number of furan rings is 1. The molecule has 116 valence electrons. The molecule has 3 rings (SSSR count). The van der Waals surface area contributed by atoms with E-state index in [1.807, 2.05) is 0 Å². The van der Waals surface area contributed by atoms with E-state index in [4.69, 9.17) is 4.42 Å². The fraction of sp³-hybridized carbons (Fsp3) is 0.118. The third kappa shape index (κ3) is 2.91. The zero-order valence-corrected chi connectivity index (χ0v) is 12.7. The number of H-pyrrole nitrogens is 1. The Hall–Kier alpha value is -3.15. The molecule has 6 heteroatoms. The first-order chi connectivity index (χ1) is 11.1. The summed E-state index contributed by atoms with van der Waals surface area (Å²) in [6.45, 7) is 3.27. The lowest BCUT2D eigenvalue weighted by atomic mass is 10.1. The van der Waals surface area contributed by atoms with Gasteiger partial charge >= 0.3 is 0 Å². The van der Waals surface area contributed by atoms with Gasteiger partial charge in [-0.05, 0) is 50.2 Å². The molecule has 2 aromatic heterocycles. The van der Waals surface area contributed by atoms with Crippen LogP contribution < -0.4 is 5.32 Å². The van der Waals surface area contributed by atoms with E-state index in [9.17, 15) is 9.59 Å². The van der Waals surface area contributed by atoms with Gasteiger partial charge in [0.05, 0.1) is 11.8 Å². The summed E-state index contributed by atoms with van der Waals surface area (Å²) in [4.78, 5) is 23.8. The number of aryl methyl sites for hydroxylation is 1. The van der Waals surface area contributed by atoms with Gasteiger partial charge in [0, 0.05) is 16.9 Å². The van der Waals surface area contributed by atoms with E-state index in [1.165, 1.54) is 13.2 Å². The van der Waals surface area contributed by atoms with Gasteiger partial charge in [-0.2, -0.15) is 5.10 Å². The molecule has 0 spiro atoms. The molecule has 1 aromatic carbocycles. The van der Waals surface area contributed by atoms with E-state index in [0.29, 0.717) is 34.0 Å². The monoisotopic (exact) mass is 309 g/mol. The van der Waals surface area contributed by atoms with Crippen molar-refractivity contribution in [3.05, 3.63) is 59.5 Å². The number of Topliss-reactive ketones (excluding diaryl/α,β-unsaturated/α-hetero) is 1. The van der Waals surface area contributed by atoms with Gasteiger partial charge in [-0.1, -0.05) is 0 Å². The highest BCUT2D eigenvalue weighted by molar-refractivity contribution is 6.08. The standard InChI is InChI=1S/C17H15N3O3/c1-10-15(16(20-19-10)14-4-3-9-23-14)17(22)18-13-7-5-12(6-8-13)11(2)21/h3-9H,1-2H3,(H,18,22)(H,19,20). The number of benzene rings is 1. The highest BCUT2D eigenvalue weighted by Gasteiger charge is 2.21. The summed E-state index contributed by atoms with van der Waals surface area (Å²) in [6.07, 6.45) is 1.53. The Kier molecular flexibility index (Phi) is 3.80. The minimum absolute atomic E-state index is 0.0198. The molecule has 1 amide bonds. The smallest absolute Gasteiger partial charge is 0.259 e. The normalized spacial score (nSPS) is 10.5. The van der Waals surface area contributed by atoms with Crippen LogP contribution in [-0.2, 0) is 0 Å². The summed E-state index contributed by atoms with van der Waals surface area (Å²) >= 11 is 0. The molecule has 2 heterocycles. The van der Waals surface area contributed by atoms with Crippen LogP contribution in [0.2, 0.25) is 0 Å². The largest absolute Gasteiger partial charge is 0.463 e. The van der Waals surface area contributed by atoms with Crippen molar-refractivity contribution in [1.82, 2.24) is 10.2 Å². The summed E-state index contributed by atoms with van der Waals surface area (Å²) < 4.78 is 5.32. The number of hydrogen-bond acceptors (Lipinski definition) is 4. The summed E-state index contributed by atoms with van der Waals surface area (Å²) in [5, 5.41) is 9.74. The second kappa shape index (κ2) is 5.92. The van der Waals surface area contributed by atoms with Crippen LogP contribution in [0.1, 0.15) is 33.3 Å². The number of anilines is 1. The predicted octanol–water partition coefficient (Wildman–Crippen LogP) is 3.43. The van der Waals surface area contributed by atoms with Crippen LogP contribution in [-0.4, -0.2) is 21.9 Å². The van der Waals surface area contributed by atoms with Gasteiger partial charge in [0.1, 0.15) is 5.69 Å². The summed E-state index contributed by atoms with van der Waals surface area (Å²) in [5.41, 5.74) is 2.74. The van der Waals surface area contributed by atoms with Crippen molar-refractivity contribution in [2.45, 2.75) is 13.8 Å². The SMILES string of the molecule is CC(=O)c1ccc(NC(=O)c2c(-c3ccco3)n[nH]c2C)cc1. The van der Waals surface area contributed by atoms with E-state index in [2.05, 4.69) is 15.5 Å². The van der Waals surface area contributed by atoms with Gasteiger partial charge < -0.3 is 9.73 Å². The average Bonchev–Trinajstić information content (AvgIpc) is 3.16. The molecule has 0 aliphatic rings. The first-order valence-corrected chi connectivity index (χ1v) is 7.07. The van der Waals surface area contributed by atoms with Crippen LogP contribution in [0.15, 0.2) is 47.1 Å². The second-order valence-corrected chi connectivity index (χ2v) is 5.14. The number of ketones is 1. The highest BCUT2D eigenvalue weighted by atomic mass is 16.3. The van der Waals surface area contributed by atoms with Crippen molar-refractivity contribution < 1.29 is 14.0 Å². The van der Waals surface area contributed by atoms with Crippen molar-refractivity contribution >= 4 is 17.4 Å². The fourth-order valence-electron chi connectivity index (χ4n) is 2.28. The third-order valence-corrected chi connectivity index (χ3v) is 3.48. The van der Waals surface area contributed by atoms with E-state index in [-0.39, 0.29) is 11.7 Å². The molecule has 0 radical (unpaired) electrons. The fourth-order valence-corrected chi connectivity index (χ4v) is 2.28. The lowest BCUT2D eigenvalue weighted by Gasteiger charge is -2.06. The first-order valence-electron chi connectivity index (χ1n) is 7.07. The molecular formula is C17H15N3O3. The number of hydrogen-bond donors (Lipinski definition) is 2. The molecule has 0 aliphatic carbocycles. The number of aromatic amines is 1. The summed E-state index contributed by atoms with van der Waals surface area (Å²) in [7, 11) is 0. The second-order valence-electron chi connectivity index (χ2n) is 5.14. The Morgan fingerprint density at radius 1 is 1.17 bits per heavy atom. The van der Waals surface area contributed by atoms with Gasteiger partial charge in [0.15, 0.2) is 11.5 Å².